The summed E-state index contributed by atoms with van der Waals surface area (Å²) >= 11 is -0.271. The average molecular weight is 321 g/mol. The van der Waals surface area contributed by atoms with Gasteiger partial charge in [0.05, 0.1) is 0 Å². The Balaban J connectivity index is 1.92. The predicted octanol–water partition coefficient (Wildman–Crippen LogP) is 2.73. The first kappa shape index (κ1) is 14.2. The molecule has 0 saturated heterocycles. The number of hydrogen-bond acceptors (Lipinski definition) is 2. The van der Waals surface area contributed by atoms with Crippen LogP contribution in [0.5, 0.6) is 0 Å². The molecule has 0 aromatic heterocycles. The SMILES string of the molecule is C#C[C@@H]1CCCCC[C@H]1OC(=O)[Se]c1ccccc1. The first-order valence-electron chi connectivity index (χ1n) is 6.69. The Labute approximate surface area is 121 Å². The second-order valence-corrected chi connectivity index (χ2v) is 6.85. The van der Waals surface area contributed by atoms with Gasteiger partial charge in [0.2, 0.25) is 0 Å². The molecule has 0 amide bonds. The fourth-order valence-corrected chi connectivity index (χ4v) is 3.72. The van der Waals surface area contributed by atoms with Crippen molar-refractivity contribution < 1.29 is 9.53 Å². The Kier molecular flexibility index (Phi) is 5.51. The van der Waals surface area contributed by atoms with E-state index in [1.165, 1.54) is 6.42 Å². The van der Waals surface area contributed by atoms with E-state index in [1.54, 1.807) is 0 Å². The van der Waals surface area contributed by atoms with Crippen LogP contribution in [-0.2, 0) is 4.74 Å². The van der Waals surface area contributed by atoms with Crippen molar-refractivity contribution in [3.05, 3.63) is 30.3 Å². The zero-order chi connectivity index (χ0) is 13.5. The zero-order valence-corrected chi connectivity index (χ0v) is 12.6. The van der Waals surface area contributed by atoms with Crippen molar-refractivity contribution in [1.29, 1.82) is 0 Å². The van der Waals surface area contributed by atoms with Crippen LogP contribution in [0.15, 0.2) is 30.3 Å². The topological polar surface area (TPSA) is 26.3 Å². The quantitative estimate of drug-likeness (QED) is 0.486. The number of carbonyl (C=O) groups excluding carboxylic acids is 1. The van der Waals surface area contributed by atoms with Crippen LogP contribution in [0.4, 0.5) is 4.79 Å². The van der Waals surface area contributed by atoms with Gasteiger partial charge in [-0.15, -0.1) is 0 Å². The number of hydrogen-bond donors (Lipinski definition) is 0. The van der Waals surface area contributed by atoms with Crippen molar-refractivity contribution >= 4 is 24.3 Å². The average Bonchev–Trinajstić information content (AvgIpc) is 2.64. The summed E-state index contributed by atoms with van der Waals surface area (Å²) in [4.78, 5) is 11.9. The van der Waals surface area contributed by atoms with Crippen LogP contribution >= 0.6 is 0 Å². The van der Waals surface area contributed by atoms with E-state index in [0.29, 0.717) is 0 Å². The van der Waals surface area contributed by atoms with Gasteiger partial charge in [0.25, 0.3) is 0 Å². The molecule has 1 aliphatic carbocycles. The maximum absolute atomic E-state index is 12.0. The van der Waals surface area contributed by atoms with Gasteiger partial charge in [0, 0.05) is 0 Å². The van der Waals surface area contributed by atoms with Gasteiger partial charge in [-0.1, -0.05) is 0 Å². The van der Waals surface area contributed by atoms with Gasteiger partial charge < -0.3 is 0 Å². The molecule has 2 nitrogen and oxygen atoms in total. The summed E-state index contributed by atoms with van der Waals surface area (Å²) in [5, 5.41) is 0. The molecule has 19 heavy (non-hydrogen) atoms. The summed E-state index contributed by atoms with van der Waals surface area (Å²) in [5.41, 5.74) is 0. The van der Waals surface area contributed by atoms with Crippen LogP contribution in [0, 0.1) is 18.3 Å². The first-order chi connectivity index (χ1) is 9.29. The molecule has 1 fully saturated rings. The van der Waals surface area contributed by atoms with E-state index in [1.807, 2.05) is 30.3 Å². The summed E-state index contributed by atoms with van der Waals surface area (Å²) < 4.78 is 6.67. The third kappa shape index (κ3) is 4.42. The van der Waals surface area contributed by atoms with E-state index in [4.69, 9.17) is 11.2 Å². The Morgan fingerprint density at radius 1 is 1.21 bits per heavy atom. The van der Waals surface area contributed by atoms with Crippen LogP contribution in [0.3, 0.4) is 0 Å². The molecule has 2 atom stereocenters. The van der Waals surface area contributed by atoms with Gasteiger partial charge in [-0.05, 0) is 0 Å². The molecule has 3 heteroatoms. The first-order valence-corrected chi connectivity index (χ1v) is 8.40. The molecular weight excluding hydrogens is 303 g/mol. The van der Waals surface area contributed by atoms with Crippen molar-refractivity contribution in [2.45, 2.75) is 38.2 Å². The van der Waals surface area contributed by atoms with E-state index in [0.717, 1.165) is 30.1 Å². The van der Waals surface area contributed by atoms with E-state index < -0.39 is 0 Å². The van der Waals surface area contributed by atoms with Crippen molar-refractivity contribution in [1.82, 2.24) is 0 Å². The van der Waals surface area contributed by atoms with Crippen LogP contribution in [0.1, 0.15) is 32.1 Å². The van der Waals surface area contributed by atoms with Crippen LogP contribution in [0.25, 0.3) is 0 Å². The van der Waals surface area contributed by atoms with Crippen LogP contribution < -0.4 is 4.46 Å². The zero-order valence-electron chi connectivity index (χ0n) is 10.9. The fourth-order valence-electron chi connectivity index (χ4n) is 2.34. The molecule has 0 unspecified atom stereocenters. The molecule has 0 aliphatic heterocycles. The minimum absolute atomic E-state index is 0.0782. The molecule has 0 bridgehead atoms. The van der Waals surface area contributed by atoms with Crippen molar-refractivity contribution in [2.75, 3.05) is 0 Å². The molecule has 2 rings (SSSR count). The van der Waals surface area contributed by atoms with E-state index >= 15 is 0 Å². The van der Waals surface area contributed by atoms with E-state index in [9.17, 15) is 4.79 Å². The number of ether oxygens (including phenoxy) is 1. The van der Waals surface area contributed by atoms with Crippen LogP contribution in [-0.4, -0.2) is 25.9 Å². The van der Waals surface area contributed by atoms with Crippen LogP contribution in [0.2, 0.25) is 0 Å². The van der Waals surface area contributed by atoms with E-state index in [-0.39, 0.29) is 31.8 Å². The Morgan fingerprint density at radius 2 is 1.95 bits per heavy atom. The third-order valence-corrected chi connectivity index (χ3v) is 4.98. The van der Waals surface area contributed by atoms with Gasteiger partial charge in [-0.3, -0.25) is 0 Å². The molecule has 0 heterocycles. The second-order valence-electron chi connectivity index (χ2n) is 4.73. The van der Waals surface area contributed by atoms with Gasteiger partial charge in [0.1, 0.15) is 0 Å². The van der Waals surface area contributed by atoms with Crippen molar-refractivity contribution in [2.24, 2.45) is 5.92 Å². The number of terminal acetylenes is 1. The van der Waals surface area contributed by atoms with Gasteiger partial charge >= 0.3 is 121 Å². The Bertz CT molecular complexity index is 450. The predicted molar refractivity (Wildman–Crippen MR) is 77.5 cm³/mol. The van der Waals surface area contributed by atoms with Crippen molar-refractivity contribution in [3.8, 4) is 12.3 Å². The Hall–Kier alpha value is -1.23. The summed E-state index contributed by atoms with van der Waals surface area (Å²) in [6.07, 6.45) is 10.8. The summed E-state index contributed by atoms with van der Waals surface area (Å²) in [6.45, 7) is 0. The molecule has 0 N–H and O–H groups in total. The maximum atomic E-state index is 12.0. The Morgan fingerprint density at radius 3 is 2.68 bits per heavy atom. The summed E-state index contributed by atoms with van der Waals surface area (Å²) in [5.74, 6) is 2.89. The molecule has 1 aromatic rings. The molecule has 0 spiro atoms. The number of rotatable bonds is 3. The van der Waals surface area contributed by atoms with Gasteiger partial charge in [-0.25, -0.2) is 0 Å². The number of carbonyl (C=O) groups is 1. The molecule has 1 aliphatic rings. The van der Waals surface area contributed by atoms with Crippen molar-refractivity contribution in [3.63, 3.8) is 0 Å². The van der Waals surface area contributed by atoms with E-state index in [2.05, 4.69) is 5.92 Å². The van der Waals surface area contributed by atoms with Gasteiger partial charge in [0.15, 0.2) is 0 Å². The molecule has 1 aromatic carbocycles. The van der Waals surface area contributed by atoms with Gasteiger partial charge in [-0.2, -0.15) is 0 Å². The molecule has 100 valence electrons. The molecule has 0 radical (unpaired) electrons. The molecule has 1 saturated carbocycles. The standard InChI is InChI=1S/C16H18O2Se/c1-2-13-9-5-3-8-12-15(13)18-16(17)19-14-10-6-4-7-11-14/h1,4,6-7,10-11,13,15H,3,5,8-9,12H2/t13-,15-/m1/s1. The third-order valence-electron chi connectivity index (χ3n) is 3.36. The fraction of sp³-hybridized carbons (Fsp3) is 0.438. The second kappa shape index (κ2) is 7.38. The minimum atomic E-state index is -0.271. The summed E-state index contributed by atoms with van der Waals surface area (Å²) in [7, 11) is 0. The normalized spacial score (nSPS) is 23.1. The summed E-state index contributed by atoms with van der Waals surface area (Å²) in [6, 6.07) is 9.77. The monoisotopic (exact) mass is 322 g/mol. The molecular formula is C16H18O2Se. The number of benzene rings is 1.